The van der Waals surface area contributed by atoms with Gasteiger partial charge in [0.1, 0.15) is 18.5 Å². The zero-order valence-electron chi connectivity index (χ0n) is 19.6. The van der Waals surface area contributed by atoms with Crippen LogP contribution in [0, 0.1) is 6.92 Å². The van der Waals surface area contributed by atoms with E-state index in [1.54, 1.807) is 41.8 Å². The topological polar surface area (TPSA) is 108 Å². The molecule has 4 aromatic rings. The van der Waals surface area contributed by atoms with Crippen LogP contribution in [0.1, 0.15) is 35.1 Å². The summed E-state index contributed by atoms with van der Waals surface area (Å²) in [7, 11) is 0. The molecule has 5 rings (SSSR count). The lowest BCUT2D eigenvalue weighted by molar-refractivity contribution is 0.0844. The number of amides is 1. The van der Waals surface area contributed by atoms with Crippen LogP contribution in [0.3, 0.4) is 0 Å². The van der Waals surface area contributed by atoms with Gasteiger partial charge in [-0.15, -0.1) is 11.3 Å². The van der Waals surface area contributed by atoms with Gasteiger partial charge in [-0.2, -0.15) is 5.10 Å². The first-order valence-electron chi connectivity index (χ1n) is 11.3. The van der Waals surface area contributed by atoms with Crippen molar-refractivity contribution in [2.75, 3.05) is 19.9 Å². The highest BCUT2D eigenvalue weighted by atomic mass is 32.1. The van der Waals surface area contributed by atoms with Gasteiger partial charge in [0.05, 0.1) is 27.7 Å². The van der Waals surface area contributed by atoms with Crippen molar-refractivity contribution in [1.82, 2.24) is 20.1 Å². The molecule has 0 bridgehead atoms. The van der Waals surface area contributed by atoms with Gasteiger partial charge in [0.2, 0.25) is 6.79 Å². The van der Waals surface area contributed by atoms with Crippen molar-refractivity contribution in [2.45, 2.75) is 32.9 Å². The molecule has 4 heterocycles. The number of fused-ring (bicyclic) bond motifs is 2. The number of rotatable bonds is 8. The number of carbonyl (C=O) groups excluding carboxylic acids is 1. The number of ether oxygens (including phenoxy) is 3. The molecule has 0 fully saturated rings. The van der Waals surface area contributed by atoms with Crippen molar-refractivity contribution >= 4 is 28.3 Å². The fourth-order valence-electron chi connectivity index (χ4n) is 3.81. The summed E-state index contributed by atoms with van der Waals surface area (Å²) in [4.78, 5) is 20.1. The molecule has 0 spiro atoms. The summed E-state index contributed by atoms with van der Waals surface area (Å²) in [5, 5.41) is 18.3. The maximum Gasteiger partial charge on any atom is 0.252 e. The minimum Gasteiger partial charge on any atom is -0.491 e. The second-order valence-electron chi connectivity index (χ2n) is 8.58. The molecule has 1 amide bonds. The number of hydrogen-bond acceptors (Lipinski definition) is 8. The van der Waals surface area contributed by atoms with E-state index in [-0.39, 0.29) is 31.9 Å². The van der Waals surface area contributed by atoms with Crippen LogP contribution in [0.25, 0.3) is 21.6 Å². The SMILES string of the molecule is Cc1ccc(-c2cc(C(=O)NCC(O)COc3ccc4c(c3)OCO4)c3cnn(C(C)C)c3n2)s1. The van der Waals surface area contributed by atoms with Crippen LogP contribution >= 0.6 is 11.3 Å². The predicted octanol–water partition coefficient (Wildman–Crippen LogP) is 3.95. The van der Waals surface area contributed by atoms with Gasteiger partial charge in [-0.1, -0.05) is 0 Å². The van der Waals surface area contributed by atoms with Crippen LogP contribution in [-0.2, 0) is 0 Å². The summed E-state index contributed by atoms with van der Waals surface area (Å²) in [6.45, 7) is 6.29. The quantitative estimate of drug-likeness (QED) is 0.382. The summed E-state index contributed by atoms with van der Waals surface area (Å²) in [6.07, 6.45) is 0.763. The van der Waals surface area contributed by atoms with E-state index < -0.39 is 6.10 Å². The van der Waals surface area contributed by atoms with E-state index in [0.717, 1.165) is 15.4 Å². The second-order valence-corrected chi connectivity index (χ2v) is 9.86. The highest BCUT2D eigenvalue weighted by molar-refractivity contribution is 7.15. The van der Waals surface area contributed by atoms with E-state index in [9.17, 15) is 9.90 Å². The summed E-state index contributed by atoms with van der Waals surface area (Å²) in [5.74, 6) is 1.50. The average molecular weight is 495 g/mol. The second kappa shape index (κ2) is 9.55. The minimum atomic E-state index is -0.903. The van der Waals surface area contributed by atoms with Crippen molar-refractivity contribution in [1.29, 1.82) is 0 Å². The van der Waals surface area contributed by atoms with Crippen LogP contribution in [0.4, 0.5) is 0 Å². The number of hydrogen-bond donors (Lipinski definition) is 2. The van der Waals surface area contributed by atoms with E-state index in [2.05, 4.69) is 10.4 Å². The van der Waals surface area contributed by atoms with Crippen molar-refractivity contribution in [3.8, 4) is 27.8 Å². The number of aromatic nitrogens is 3. The van der Waals surface area contributed by atoms with Crippen molar-refractivity contribution in [2.24, 2.45) is 0 Å². The van der Waals surface area contributed by atoms with E-state index >= 15 is 0 Å². The smallest absolute Gasteiger partial charge is 0.252 e. The number of aliphatic hydroxyl groups is 1. The van der Waals surface area contributed by atoms with Gasteiger partial charge >= 0.3 is 0 Å². The van der Waals surface area contributed by atoms with Crippen molar-refractivity contribution < 1.29 is 24.1 Å². The van der Waals surface area contributed by atoms with E-state index in [1.807, 2.05) is 37.6 Å². The lowest BCUT2D eigenvalue weighted by Crippen LogP contribution is -2.35. The van der Waals surface area contributed by atoms with Gasteiger partial charge in [0.15, 0.2) is 17.1 Å². The minimum absolute atomic E-state index is 0.0106. The Bertz CT molecular complexity index is 1380. The van der Waals surface area contributed by atoms with E-state index in [0.29, 0.717) is 33.8 Å². The molecule has 10 heteroatoms. The first kappa shape index (κ1) is 23.1. The summed E-state index contributed by atoms with van der Waals surface area (Å²) in [5.41, 5.74) is 1.84. The van der Waals surface area contributed by atoms with Gasteiger partial charge in [0.25, 0.3) is 5.91 Å². The number of aryl methyl sites for hydroxylation is 1. The Kier molecular flexibility index (Phi) is 6.31. The molecule has 0 saturated carbocycles. The molecule has 1 unspecified atom stereocenters. The van der Waals surface area contributed by atoms with Gasteiger partial charge in [-0.3, -0.25) is 4.79 Å². The first-order chi connectivity index (χ1) is 16.9. The molecule has 1 aromatic carbocycles. The Hall–Kier alpha value is -3.63. The summed E-state index contributed by atoms with van der Waals surface area (Å²) < 4.78 is 18.1. The Morgan fingerprint density at radius 1 is 1.23 bits per heavy atom. The Labute approximate surface area is 206 Å². The van der Waals surface area contributed by atoms with Crippen LogP contribution in [0.5, 0.6) is 17.2 Å². The summed E-state index contributed by atoms with van der Waals surface area (Å²) >= 11 is 1.62. The van der Waals surface area contributed by atoms with Gasteiger partial charge in [0, 0.05) is 23.5 Å². The summed E-state index contributed by atoms with van der Waals surface area (Å²) in [6, 6.07) is 11.1. The molecule has 2 N–H and O–H groups in total. The number of pyridine rings is 1. The molecule has 1 aliphatic rings. The van der Waals surface area contributed by atoms with Crippen LogP contribution < -0.4 is 19.5 Å². The molecule has 1 atom stereocenters. The van der Waals surface area contributed by atoms with Gasteiger partial charge in [-0.25, -0.2) is 9.67 Å². The van der Waals surface area contributed by atoms with Crippen molar-refractivity contribution in [3.05, 3.63) is 53.0 Å². The molecular weight excluding hydrogens is 468 g/mol. The molecule has 35 heavy (non-hydrogen) atoms. The fraction of sp³-hybridized carbons (Fsp3) is 0.320. The van der Waals surface area contributed by atoms with Crippen LogP contribution in [0.2, 0.25) is 0 Å². The molecule has 3 aromatic heterocycles. The molecule has 9 nitrogen and oxygen atoms in total. The molecule has 1 aliphatic heterocycles. The number of nitrogens with one attached hydrogen (secondary N) is 1. The predicted molar refractivity (Wildman–Crippen MR) is 132 cm³/mol. The molecule has 0 radical (unpaired) electrons. The monoisotopic (exact) mass is 494 g/mol. The number of thiophene rings is 1. The van der Waals surface area contributed by atoms with E-state index in [1.165, 1.54) is 0 Å². The Morgan fingerprint density at radius 3 is 2.83 bits per heavy atom. The lowest BCUT2D eigenvalue weighted by Gasteiger charge is -2.14. The average Bonchev–Trinajstić information content (AvgIpc) is 3.59. The lowest BCUT2D eigenvalue weighted by atomic mass is 10.1. The largest absolute Gasteiger partial charge is 0.491 e. The molecule has 182 valence electrons. The maximum absolute atomic E-state index is 13.2. The molecular formula is C25H26N4O5S. The van der Waals surface area contributed by atoms with Gasteiger partial charge in [-0.05, 0) is 51.1 Å². The number of aliphatic hydroxyl groups excluding tert-OH is 1. The zero-order chi connectivity index (χ0) is 24.5. The van der Waals surface area contributed by atoms with Crippen LogP contribution in [0.15, 0.2) is 42.6 Å². The highest BCUT2D eigenvalue weighted by Gasteiger charge is 2.20. The number of nitrogens with zero attached hydrogens (tertiary/aromatic N) is 3. The first-order valence-corrected chi connectivity index (χ1v) is 12.1. The fourth-order valence-corrected chi connectivity index (χ4v) is 4.63. The van der Waals surface area contributed by atoms with Crippen molar-refractivity contribution in [3.63, 3.8) is 0 Å². The Balaban J connectivity index is 1.30. The third-order valence-corrected chi connectivity index (χ3v) is 6.60. The number of carbonyl (C=O) groups is 1. The zero-order valence-corrected chi connectivity index (χ0v) is 20.5. The van der Waals surface area contributed by atoms with Gasteiger partial charge < -0.3 is 24.6 Å². The standard InChI is InChI=1S/C25H26N4O5S/c1-14(2)29-24-19(11-27-29)18(9-20(28-24)23-7-4-15(3)35-23)25(31)26-10-16(30)12-32-17-5-6-21-22(8-17)34-13-33-21/h4-9,11,14,16,30H,10,12-13H2,1-3H3,(H,26,31). The van der Waals surface area contributed by atoms with E-state index in [4.69, 9.17) is 19.2 Å². The highest BCUT2D eigenvalue weighted by Crippen LogP contribution is 2.35. The Morgan fingerprint density at radius 2 is 2.06 bits per heavy atom. The molecule has 0 saturated heterocycles. The van der Waals surface area contributed by atoms with Crippen LogP contribution in [-0.4, -0.2) is 51.8 Å². The number of benzene rings is 1. The molecule has 0 aliphatic carbocycles. The third-order valence-electron chi connectivity index (χ3n) is 5.58. The normalized spacial score (nSPS) is 13.4. The maximum atomic E-state index is 13.2. The third kappa shape index (κ3) is 4.80.